The molecule has 0 spiro atoms. The molecule has 1 atom stereocenters. The molecular weight excluding hydrogens is 367 g/mol. The Hall–Kier alpha value is -1.80. The lowest BCUT2D eigenvalue weighted by atomic mass is 10.1. The summed E-state index contributed by atoms with van der Waals surface area (Å²) >= 11 is 9.05. The molecule has 1 aromatic rings. The summed E-state index contributed by atoms with van der Waals surface area (Å²) in [5.41, 5.74) is 0.363. The molecule has 0 fully saturated rings. The third-order valence-corrected chi connectivity index (χ3v) is 3.85. The Morgan fingerprint density at radius 2 is 1.95 bits per heavy atom. The zero-order valence-electron chi connectivity index (χ0n) is 10.6. The summed E-state index contributed by atoms with van der Waals surface area (Å²) in [6.45, 7) is 0. The van der Waals surface area contributed by atoms with Crippen molar-refractivity contribution in [2.75, 3.05) is 5.32 Å². The molecule has 1 rings (SSSR count). The zero-order valence-corrected chi connectivity index (χ0v) is 12.9. The summed E-state index contributed by atoms with van der Waals surface area (Å²) in [5.74, 6) is -2.45. The minimum atomic E-state index is -1.31. The quantitative estimate of drug-likeness (QED) is 0.606. The minimum absolute atomic E-state index is 0.213. The number of aliphatic carboxylic acids is 2. The van der Waals surface area contributed by atoms with Crippen LogP contribution in [0.3, 0.4) is 0 Å². The largest absolute Gasteiger partial charge is 0.481 e. The number of hydrogen-bond acceptors (Lipinski definition) is 3. The number of hydrogen-bond donors (Lipinski definition) is 4. The van der Waals surface area contributed by atoms with Gasteiger partial charge in [-0.2, -0.15) is 0 Å². The van der Waals surface area contributed by atoms with E-state index in [0.29, 0.717) is 15.2 Å². The van der Waals surface area contributed by atoms with Gasteiger partial charge in [-0.3, -0.25) is 4.79 Å². The van der Waals surface area contributed by atoms with Gasteiger partial charge in [-0.05, 0) is 34.5 Å². The van der Waals surface area contributed by atoms with Crippen LogP contribution in [-0.4, -0.2) is 34.2 Å². The van der Waals surface area contributed by atoms with Crippen LogP contribution in [0.2, 0.25) is 5.02 Å². The lowest BCUT2D eigenvalue weighted by molar-refractivity contribution is -0.140. The Morgan fingerprint density at radius 3 is 2.52 bits per heavy atom. The zero-order chi connectivity index (χ0) is 16.0. The van der Waals surface area contributed by atoms with E-state index in [2.05, 4.69) is 26.6 Å². The van der Waals surface area contributed by atoms with Crippen molar-refractivity contribution >= 4 is 51.2 Å². The number of carbonyl (C=O) groups is 3. The van der Waals surface area contributed by atoms with Gasteiger partial charge in [0, 0.05) is 6.42 Å². The summed E-state index contributed by atoms with van der Waals surface area (Å²) in [6, 6.07) is 2.74. The van der Waals surface area contributed by atoms with Gasteiger partial charge < -0.3 is 20.8 Å². The van der Waals surface area contributed by atoms with Crippen LogP contribution in [-0.2, 0) is 9.59 Å². The number of carboxylic acids is 2. The molecule has 9 heteroatoms. The maximum absolute atomic E-state index is 11.7. The molecule has 114 valence electrons. The molecule has 0 aliphatic heterocycles. The van der Waals surface area contributed by atoms with Crippen LogP contribution in [0.4, 0.5) is 10.5 Å². The van der Waals surface area contributed by atoms with E-state index in [0.717, 1.165) is 0 Å². The molecule has 0 unspecified atom stereocenters. The highest BCUT2D eigenvalue weighted by Crippen LogP contribution is 2.29. The van der Waals surface area contributed by atoms with Crippen molar-refractivity contribution in [3.63, 3.8) is 0 Å². The van der Waals surface area contributed by atoms with Crippen molar-refractivity contribution in [3.8, 4) is 0 Å². The van der Waals surface area contributed by atoms with Gasteiger partial charge in [0.15, 0.2) is 0 Å². The fourth-order valence-corrected chi connectivity index (χ4v) is 1.98. The summed E-state index contributed by atoms with van der Waals surface area (Å²) in [5, 5.41) is 22.5. The van der Waals surface area contributed by atoms with Crippen LogP contribution >= 0.6 is 27.5 Å². The normalized spacial score (nSPS) is 11.5. The Bertz CT molecular complexity index is 567. The second kappa shape index (κ2) is 7.84. The average molecular weight is 380 g/mol. The SMILES string of the molecule is O=C(O)CC[C@H](NC(=O)Nc1cccc(Cl)c1Br)C(=O)O. The maximum atomic E-state index is 11.7. The Balaban J connectivity index is 2.67. The summed E-state index contributed by atoms with van der Waals surface area (Å²) in [4.78, 5) is 33.1. The molecule has 0 aliphatic rings. The Morgan fingerprint density at radius 1 is 1.29 bits per heavy atom. The predicted molar refractivity (Wildman–Crippen MR) is 79.6 cm³/mol. The molecule has 0 aliphatic carbocycles. The van der Waals surface area contributed by atoms with E-state index in [1.807, 2.05) is 0 Å². The van der Waals surface area contributed by atoms with Crippen molar-refractivity contribution in [3.05, 3.63) is 27.7 Å². The van der Waals surface area contributed by atoms with E-state index in [-0.39, 0.29) is 12.8 Å². The highest BCUT2D eigenvalue weighted by Gasteiger charge is 2.21. The number of rotatable bonds is 6. The van der Waals surface area contributed by atoms with E-state index in [9.17, 15) is 14.4 Å². The number of benzene rings is 1. The van der Waals surface area contributed by atoms with Crippen molar-refractivity contribution in [1.29, 1.82) is 0 Å². The average Bonchev–Trinajstić information content (AvgIpc) is 2.39. The predicted octanol–water partition coefficient (Wildman–Crippen LogP) is 2.54. The smallest absolute Gasteiger partial charge is 0.326 e. The standard InChI is InChI=1S/C12H12BrClN2O5/c13-10-6(14)2-1-3-7(10)15-12(21)16-8(11(19)20)4-5-9(17)18/h1-3,8H,4-5H2,(H,17,18)(H,19,20)(H2,15,16,21)/t8-/m0/s1. The van der Waals surface area contributed by atoms with E-state index in [1.165, 1.54) is 0 Å². The molecule has 7 nitrogen and oxygen atoms in total. The molecule has 21 heavy (non-hydrogen) atoms. The number of carboxylic acid groups (broad SMARTS) is 2. The van der Waals surface area contributed by atoms with Gasteiger partial charge in [0.25, 0.3) is 0 Å². The molecule has 2 amide bonds. The van der Waals surface area contributed by atoms with Gasteiger partial charge in [-0.15, -0.1) is 0 Å². The van der Waals surface area contributed by atoms with Crippen molar-refractivity contribution in [2.45, 2.75) is 18.9 Å². The topological polar surface area (TPSA) is 116 Å². The first-order chi connectivity index (χ1) is 9.81. The van der Waals surface area contributed by atoms with Crippen LogP contribution in [0, 0.1) is 0 Å². The lowest BCUT2D eigenvalue weighted by Gasteiger charge is -2.15. The molecule has 0 saturated carbocycles. The highest BCUT2D eigenvalue weighted by atomic mass is 79.9. The molecule has 0 radical (unpaired) electrons. The second-order valence-electron chi connectivity index (χ2n) is 4.02. The van der Waals surface area contributed by atoms with Gasteiger partial charge in [-0.25, -0.2) is 9.59 Å². The fraction of sp³-hybridized carbons (Fsp3) is 0.250. The molecule has 0 bridgehead atoms. The highest BCUT2D eigenvalue weighted by molar-refractivity contribution is 9.10. The Labute approximate surface area is 133 Å². The van der Waals surface area contributed by atoms with Gasteiger partial charge in [0.05, 0.1) is 15.2 Å². The van der Waals surface area contributed by atoms with Gasteiger partial charge in [-0.1, -0.05) is 17.7 Å². The first-order valence-electron chi connectivity index (χ1n) is 5.77. The van der Waals surface area contributed by atoms with Gasteiger partial charge >= 0.3 is 18.0 Å². The number of halogens is 2. The number of carbonyl (C=O) groups excluding carboxylic acids is 1. The number of urea groups is 1. The number of amides is 2. The van der Waals surface area contributed by atoms with E-state index >= 15 is 0 Å². The second-order valence-corrected chi connectivity index (χ2v) is 5.22. The number of nitrogens with one attached hydrogen (secondary N) is 2. The Kier molecular flexibility index (Phi) is 6.44. The van der Waals surface area contributed by atoms with Crippen molar-refractivity contribution in [1.82, 2.24) is 5.32 Å². The summed E-state index contributed by atoms with van der Waals surface area (Å²) in [6.07, 6.45) is -0.576. The molecule has 1 aromatic carbocycles. The fourth-order valence-electron chi connectivity index (χ4n) is 1.44. The summed E-state index contributed by atoms with van der Waals surface area (Å²) < 4.78 is 0.458. The van der Waals surface area contributed by atoms with Gasteiger partial charge in [0.1, 0.15) is 6.04 Å². The molecule has 0 aromatic heterocycles. The van der Waals surface area contributed by atoms with E-state index < -0.39 is 24.0 Å². The van der Waals surface area contributed by atoms with Crippen molar-refractivity contribution in [2.24, 2.45) is 0 Å². The molecule has 4 N–H and O–H groups in total. The molecule has 0 saturated heterocycles. The van der Waals surface area contributed by atoms with Crippen LogP contribution in [0.5, 0.6) is 0 Å². The third-order valence-electron chi connectivity index (χ3n) is 2.45. The van der Waals surface area contributed by atoms with Crippen LogP contribution in [0.15, 0.2) is 22.7 Å². The van der Waals surface area contributed by atoms with Crippen LogP contribution in [0.1, 0.15) is 12.8 Å². The minimum Gasteiger partial charge on any atom is -0.481 e. The summed E-state index contributed by atoms with van der Waals surface area (Å²) in [7, 11) is 0. The van der Waals surface area contributed by atoms with Crippen LogP contribution < -0.4 is 10.6 Å². The van der Waals surface area contributed by atoms with Gasteiger partial charge in [0.2, 0.25) is 0 Å². The molecule has 0 heterocycles. The van der Waals surface area contributed by atoms with Crippen LogP contribution in [0.25, 0.3) is 0 Å². The first-order valence-corrected chi connectivity index (χ1v) is 6.94. The van der Waals surface area contributed by atoms with E-state index in [4.69, 9.17) is 21.8 Å². The third kappa shape index (κ3) is 5.60. The number of anilines is 1. The van der Waals surface area contributed by atoms with Crippen molar-refractivity contribution < 1.29 is 24.6 Å². The lowest BCUT2D eigenvalue weighted by Crippen LogP contribution is -2.43. The molecular formula is C12H12BrClN2O5. The maximum Gasteiger partial charge on any atom is 0.326 e. The monoisotopic (exact) mass is 378 g/mol. The first kappa shape index (κ1) is 17.3. The van der Waals surface area contributed by atoms with E-state index in [1.54, 1.807) is 18.2 Å².